The van der Waals surface area contributed by atoms with Crippen LogP contribution in [0.5, 0.6) is 0 Å². The summed E-state index contributed by atoms with van der Waals surface area (Å²) in [5, 5.41) is 10.8. The molecule has 0 aliphatic carbocycles. The minimum Gasteiger partial charge on any atom is -0.481 e. The van der Waals surface area contributed by atoms with Gasteiger partial charge in [-0.2, -0.15) is 0 Å². The number of carbonyl (C=O) groups is 1. The lowest BCUT2D eigenvalue weighted by atomic mass is 10.1. The van der Waals surface area contributed by atoms with Crippen molar-refractivity contribution in [2.45, 2.75) is 19.3 Å². The number of anilines is 1. The number of halogens is 4. The molecule has 0 unspecified atom stereocenters. The molecule has 2 N–H and O–H groups in total. The van der Waals surface area contributed by atoms with Gasteiger partial charge in [-0.25, -0.2) is 13.2 Å². The van der Waals surface area contributed by atoms with Crippen molar-refractivity contribution in [3.8, 4) is 0 Å². The van der Waals surface area contributed by atoms with Crippen LogP contribution >= 0.6 is 11.6 Å². The second-order valence-corrected chi connectivity index (χ2v) is 4.29. The fourth-order valence-corrected chi connectivity index (χ4v) is 1.51. The van der Waals surface area contributed by atoms with E-state index in [-0.39, 0.29) is 17.7 Å². The summed E-state index contributed by atoms with van der Waals surface area (Å²) in [6.45, 7) is -0.0654. The van der Waals surface area contributed by atoms with Crippen LogP contribution in [-0.2, 0) is 11.2 Å². The Morgan fingerprint density at radius 2 is 2.17 bits per heavy atom. The molecule has 0 atom stereocenters. The zero-order valence-corrected chi connectivity index (χ0v) is 10.2. The van der Waals surface area contributed by atoms with Gasteiger partial charge in [-0.15, -0.1) is 0 Å². The second-order valence-electron chi connectivity index (χ2n) is 3.88. The van der Waals surface area contributed by atoms with Gasteiger partial charge in [0.1, 0.15) is 0 Å². The average molecular weight is 284 g/mol. The number of alkyl halides is 2. The molecular formula is C11H13ClF3NO2. The number of rotatable bonds is 5. The molecule has 0 saturated heterocycles. The highest BCUT2D eigenvalue weighted by molar-refractivity contribution is 6.31. The summed E-state index contributed by atoms with van der Waals surface area (Å²) in [5.74, 6) is -5.18. The van der Waals surface area contributed by atoms with E-state index in [1.807, 2.05) is 0 Å². The standard InChI is InChI=1S/C11H11ClF3NO2.H2/c1-11(14,15)5-16-8-3-2-7(12)6(10(8)13)4-9(17)18;/h2-3,16H,4-5H2,1H3,(H,17,18);1H. The van der Waals surface area contributed by atoms with Crippen LogP contribution in [0.2, 0.25) is 5.02 Å². The molecular weight excluding hydrogens is 271 g/mol. The summed E-state index contributed by atoms with van der Waals surface area (Å²) in [7, 11) is 0. The first kappa shape index (κ1) is 14.6. The summed E-state index contributed by atoms with van der Waals surface area (Å²) in [5.41, 5.74) is -0.425. The number of carboxylic acids is 1. The topological polar surface area (TPSA) is 49.3 Å². The summed E-state index contributed by atoms with van der Waals surface area (Å²) in [4.78, 5) is 10.5. The molecule has 0 bridgehead atoms. The summed E-state index contributed by atoms with van der Waals surface area (Å²) in [6, 6.07) is 2.45. The normalized spacial score (nSPS) is 11.4. The van der Waals surface area contributed by atoms with Crippen molar-refractivity contribution >= 4 is 23.3 Å². The van der Waals surface area contributed by atoms with Gasteiger partial charge in [-0.05, 0) is 12.1 Å². The zero-order chi connectivity index (χ0) is 13.9. The van der Waals surface area contributed by atoms with Crippen molar-refractivity contribution in [2.24, 2.45) is 0 Å². The summed E-state index contributed by atoms with van der Waals surface area (Å²) in [6.07, 6.45) is -0.608. The van der Waals surface area contributed by atoms with E-state index >= 15 is 0 Å². The Morgan fingerprint density at radius 3 is 2.67 bits per heavy atom. The first-order valence-corrected chi connectivity index (χ1v) is 5.39. The largest absolute Gasteiger partial charge is 0.481 e. The van der Waals surface area contributed by atoms with Crippen LogP contribution in [0.15, 0.2) is 12.1 Å². The molecule has 102 valence electrons. The Labute approximate surface area is 108 Å². The molecule has 0 radical (unpaired) electrons. The van der Waals surface area contributed by atoms with E-state index in [1.54, 1.807) is 0 Å². The molecule has 0 heterocycles. The highest BCUT2D eigenvalue weighted by Gasteiger charge is 2.22. The Bertz CT molecular complexity index is 466. The third kappa shape index (κ3) is 4.10. The molecule has 7 heteroatoms. The van der Waals surface area contributed by atoms with Crippen LogP contribution in [0.25, 0.3) is 0 Å². The van der Waals surface area contributed by atoms with Crippen LogP contribution in [0.1, 0.15) is 13.9 Å². The maximum absolute atomic E-state index is 13.8. The minimum atomic E-state index is -3.00. The third-order valence-corrected chi connectivity index (χ3v) is 2.46. The maximum Gasteiger partial charge on any atom is 0.307 e. The van der Waals surface area contributed by atoms with Gasteiger partial charge in [0.15, 0.2) is 5.82 Å². The Balaban J connectivity index is 0.00000324. The van der Waals surface area contributed by atoms with E-state index in [1.165, 1.54) is 12.1 Å². The highest BCUT2D eigenvalue weighted by Crippen LogP contribution is 2.27. The lowest BCUT2D eigenvalue weighted by molar-refractivity contribution is -0.136. The predicted octanol–water partition coefficient (Wildman–Crippen LogP) is 3.42. The average Bonchev–Trinajstić information content (AvgIpc) is 2.21. The minimum absolute atomic E-state index is 0. The highest BCUT2D eigenvalue weighted by atomic mass is 35.5. The zero-order valence-electron chi connectivity index (χ0n) is 9.44. The number of aliphatic carboxylic acids is 1. The van der Waals surface area contributed by atoms with Gasteiger partial charge in [0.05, 0.1) is 18.7 Å². The fraction of sp³-hybridized carbons (Fsp3) is 0.364. The van der Waals surface area contributed by atoms with Gasteiger partial charge in [0, 0.05) is 18.9 Å². The van der Waals surface area contributed by atoms with Crippen molar-refractivity contribution in [3.05, 3.63) is 28.5 Å². The Kier molecular flexibility index (Phi) is 4.45. The molecule has 1 aromatic carbocycles. The first-order chi connectivity index (χ1) is 8.20. The first-order valence-electron chi connectivity index (χ1n) is 5.01. The molecule has 0 spiro atoms. The number of benzene rings is 1. The molecule has 3 nitrogen and oxygen atoms in total. The van der Waals surface area contributed by atoms with Gasteiger partial charge >= 0.3 is 5.97 Å². The van der Waals surface area contributed by atoms with Gasteiger partial charge in [-0.1, -0.05) is 11.6 Å². The SMILES string of the molecule is CC(F)(F)CNc1ccc(Cl)c(CC(=O)O)c1F.[HH]. The van der Waals surface area contributed by atoms with Crippen molar-refractivity contribution in [1.29, 1.82) is 0 Å². The van der Waals surface area contributed by atoms with E-state index < -0.39 is 30.7 Å². The third-order valence-electron chi connectivity index (χ3n) is 2.10. The molecule has 1 aromatic rings. The lowest BCUT2D eigenvalue weighted by Gasteiger charge is -2.14. The van der Waals surface area contributed by atoms with Crippen LogP contribution in [-0.4, -0.2) is 23.5 Å². The van der Waals surface area contributed by atoms with Gasteiger partial charge in [-0.3, -0.25) is 4.79 Å². The van der Waals surface area contributed by atoms with E-state index in [9.17, 15) is 18.0 Å². The predicted molar refractivity (Wildman–Crippen MR) is 64.0 cm³/mol. The van der Waals surface area contributed by atoms with Crippen LogP contribution in [0.3, 0.4) is 0 Å². The second kappa shape index (κ2) is 5.48. The van der Waals surface area contributed by atoms with E-state index in [0.29, 0.717) is 6.92 Å². The number of hydrogen-bond acceptors (Lipinski definition) is 2. The Morgan fingerprint density at radius 1 is 1.56 bits per heavy atom. The summed E-state index contributed by atoms with van der Waals surface area (Å²) < 4.78 is 39.1. The molecule has 18 heavy (non-hydrogen) atoms. The van der Waals surface area contributed by atoms with Crippen LogP contribution in [0, 0.1) is 5.82 Å². The fourth-order valence-electron chi connectivity index (χ4n) is 1.30. The van der Waals surface area contributed by atoms with E-state index in [0.717, 1.165) is 0 Å². The Hall–Kier alpha value is -1.43. The lowest BCUT2D eigenvalue weighted by Crippen LogP contribution is -2.23. The van der Waals surface area contributed by atoms with Crippen molar-refractivity contribution in [3.63, 3.8) is 0 Å². The van der Waals surface area contributed by atoms with Gasteiger partial charge < -0.3 is 10.4 Å². The van der Waals surface area contributed by atoms with Crippen molar-refractivity contribution in [1.82, 2.24) is 0 Å². The van der Waals surface area contributed by atoms with E-state index in [4.69, 9.17) is 16.7 Å². The van der Waals surface area contributed by atoms with Crippen LogP contribution in [0.4, 0.5) is 18.9 Å². The van der Waals surface area contributed by atoms with Gasteiger partial charge in [0.25, 0.3) is 5.92 Å². The van der Waals surface area contributed by atoms with E-state index in [2.05, 4.69) is 5.32 Å². The monoisotopic (exact) mass is 283 g/mol. The quantitative estimate of drug-likeness (QED) is 0.870. The molecule has 0 amide bonds. The smallest absolute Gasteiger partial charge is 0.307 e. The molecule has 0 fully saturated rings. The maximum atomic E-state index is 13.8. The van der Waals surface area contributed by atoms with Crippen LogP contribution < -0.4 is 5.32 Å². The molecule has 0 aromatic heterocycles. The van der Waals surface area contributed by atoms with Gasteiger partial charge in [0.2, 0.25) is 0 Å². The number of nitrogens with one attached hydrogen (secondary N) is 1. The molecule has 1 rings (SSSR count). The van der Waals surface area contributed by atoms with Crippen molar-refractivity contribution < 1.29 is 24.5 Å². The number of hydrogen-bond donors (Lipinski definition) is 2. The molecule has 0 aliphatic rings. The van der Waals surface area contributed by atoms with Crippen molar-refractivity contribution in [2.75, 3.05) is 11.9 Å². The molecule has 0 aliphatic heterocycles. The summed E-state index contributed by atoms with van der Waals surface area (Å²) >= 11 is 5.66. The molecule has 0 saturated carbocycles. The number of carboxylic acid groups (broad SMARTS) is 1.